The van der Waals surface area contributed by atoms with E-state index in [0.29, 0.717) is 5.56 Å². The molecular formula is C8H6BrF2NO. The zero-order valence-corrected chi connectivity index (χ0v) is 8.31. The third-order valence-electron chi connectivity index (χ3n) is 1.48. The minimum atomic E-state index is -2.63. The maximum absolute atomic E-state index is 12.2. The van der Waals surface area contributed by atoms with Crippen LogP contribution in [0.2, 0.25) is 0 Å². The zero-order valence-electron chi connectivity index (χ0n) is 6.72. The number of rotatable bonds is 2. The summed E-state index contributed by atoms with van der Waals surface area (Å²) in [4.78, 5) is 14.3. The van der Waals surface area contributed by atoms with Gasteiger partial charge in [-0.2, -0.15) is 0 Å². The van der Waals surface area contributed by atoms with Crippen LogP contribution in [-0.2, 0) is 0 Å². The molecule has 0 spiro atoms. The van der Waals surface area contributed by atoms with Crippen molar-refractivity contribution in [1.29, 1.82) is 0 Å². The molecule has 0 bridgehead atoms. The summed E-state index contributed by atoms with van der Waals surface area (Å²) in [6.45, 7) is 1.35. The molecule has 1 heterocycles. The minimum Gasteiger partial charge on any atom is -0.294 e. The summed E-state index contributed by atoms with van der Waals surface area (Å²) in [7, 11) is 0. The fourth-order valence-electron chi connectivity index (χ4n) is 0.802. The first kappa shape index (κ1) is 10.2. The Hall–Kier alpha value is -0.840. The van der Waals surface area contributed by atoms with E-state index in [9.17, 15) is 13.6 Å². The normalized spacial score (nSPS) is 10.5. The first-order chi connectivity index (χ1) is 6.02. The number of carbonyl (C=O) groups excluding carboxylic acids is 1. The third kappa shape index (κ3) is 2.30. The lowest BCUT2D eigenvalue weighted by molar-refractivity contribution is 0.101. The van der Waals surface area contributed by atoms with E-state index < -0.39 is 6.43 Å². The molecular weight excluding hydrogens is 244 g/mol. The van der Waals surface area contributed by atoms with Crippen LogP contribution in [0.3, 0.4) is 0 Å². The SMILES string of the molecule is CC(=O)c1cnc(C(F)F)c(Br)c1. The van der Waals surface area contributed by atoms with E-state index in [1.165, 1.54) is 13.0 Å². The lowest BCUT2D eigenvalue weighted by atomic mass is 10.2. The van der Waals surface area contributed by atoms with E-state index >= 15 is 0 Å². The molecule has 5 heteroatoms. The number of alkyl halides is 2. The monoisotopic (exact) mass is 249 g/mol. The van der Waals surface area contributed by atoms with Crippen molar-refractivity contribution in [3.8, 4) is 0 Å². The van der Waals surface area contributed by atoms with E-state index in [0.717, 1.165) is 6.20 Å². The van der Waals surface area contributed by atoms with Crippen molar-refractivity contribution >= 4 is 21.7 Å². The van der Waals surface area contributed by atoms with Gasteiger partial charge in [0, 0.05) is 16.2 Å². The molecule has 1 aromatic rings. The molecule has 0 amide bonds. The molecule has 0 saturated carbocycles. The maximum Gasteiger partial charge on any atom is 0.281 e. The molecule has 13 heavy (non-hydrogen) atoms. The first-order valence-corrected chi connectivity index (χ1v) is 4.26. The highest BCUT2D eigenvalue weighted by Gasteiger charge is 2.14. The van der Waals surface area contributed by atoms with Crippen LogP contribution in [0.1, 0.15) is 29.4 Å². The molecule has 0 aliphatic carbocycles. The van der Waals surface area contributed by atoms with Crippen molar-refractivity contribution in [2.45, 2.75) is 13.3 Å². The Morgan fingerprint density at radius 2 is 2.23 bits per heavy atom. The van der Waals surface area contributed by atoms with Gasteiger partial charge in [-0.05, 0) is 28.9 Å². The Bertz CT molecular complexity index is 341. The van der Waals surface area contributed by atoms with E-state index in [2.05, 4.69) is 20.9 Å². The lowest BCUT2D eigenvalue weighted by Gasteiger charge is -2.02. The third-order valence-corrected chi connectivity index (χ3v) is 2.12. The second kappa shape index (κ2) is 3.91. The predicted molar refractivity (Wildman–Crippen MR) is 46.9 cm³/mol. The van der Waals surface area contributed by atoms with Crippen LogP contribution < -0.4 is 0 Å². The maximum atomic E-state index is 12.2. The van der Waals surface area contributed by atoms with Crippen molar-refractivity contribution in [3.05, 3.63) is 28.0 Å². The zero-order chi connectivity index (χ0) is 10.0. The van der Waals surface area contributed by atoms with Crippen LogP contribution in [0.4, 0.5) is 8.78 Å². The number of Topliss-reactive ketones (excluding diaryl/α,β-unsaturated/α-hetero) is 1. The molecule has 0 saturated heterocycles. The molecule has 1 rings (SSSR count). The number of carbonyl (C=O) groups is 1. The number of aromatic nitrogens is 1. The summed E-state index contributed by atoms with van der Waals surface area (Å²) >= 11 is 2.92. The van der Waals surface area contributed by atoms with Gasteiger partial charge in [-0.1, -0.05) is 0 Å². The summed E-state index contributed by atoms with van der Waals surface area (Å²) < 4.78 is 24.5. The smallest absolute Gasteiger partial charge is 0.281 e. The average molecular weight is 250 g/mol. The van der Waals surface area contributed by atoms with Gasteiger partial charge in [-0.25, -0.2) is 8.78 Å². The topological polar surface area (TPSA) is 30.0 Å². The molecule has 70 valence electrons. The molecule has 0 aromatic carbocycles. The van der Waals surface area contributed by atoms with Crippen molar-refractivity contribution in [3.63, 3.8) is 0 Å². The van der Waals surface area contributed by atoms with E-state index in [1.54, 1.807) is 0 Å². The highest BCUT2D eigenvalue weighted by molar-refractivity contribution is 9.10. The number of pyridine rings is 1. The van der Waals surface area contributed by atoms with Crippen LogP contribution >= 0.6 is 15.9 Å². The van der Waals surface area contributed by atoms with Crippen LogP contribution in [0.25, 0.3) is 0 Å². The predicted octanol–water partition coefficient (Wildman–Crippen LogP) is 2.98. The average Bonchev–Trinajstić information content (AvgIpc) is 2.03. The van der Waals surface area contributed by atoms with Crippen molar-refractivity contribution in [2.75, 3.05) is 0 Å². The lowest BCUT2D eigenvalue weighted by Crippen LogP contribution is -1.98. The van der Waals surface area contributed by atoms with Crippen LogP contribution in [0.15, 0.2) is 16.7 Å². The Kier molecular flexibility index (Phi) is 3.08. The highest BCUT2D eigenvalue weighted by Crippen LogP contribution is 2.25. The van der Waals surface area contributed by atoms with E-state index in [4.69, 9.17) is 0 Å². The Morgan fingerprint density at radius 1 is 1.62 bits per heavy atom. The summed E-state index contributed by atoms with van der Waals surface area (Å²) in [6.07, 6.45) is -1.48. The quantitative estimate of drug-likeness (QED) is 0.755. The molecule has 1 aromatic heterocycles. The van der Waals surface area contributed by atoms with Gasteiger partial charge in [0.05, 0.1) is 0 Å². The summed E-state index contributed by atoms with van der Waals surface area (Å²) in [5, 5.41) is 0. The molecule has 0 unspecified atom stereocenters. The van der Waals surface area contributed by atoms with Crippen LogP contribution in [0, 0.1) is 0 Å². The Morgan fingerprint density at radius 3 is 2.62 bits per heavy atom. The second-order valence-corrected chi connectivity index (χ2v) is 3.30. The number of hydrogen-bond acceptors (Lipinski definition) is 2. The summed E-state index contributed by atoms with van der Waals surface area (Å²) in [5.74, 6) is -0.200. The molecule has 0 aliphatic heterocycles. The Balaban J connectivity index is 3.13. The van der Waals surface area contributed by atoms with Gasteiger partial charge < -0.3 is 0 Å². The largest absolute Gasteiger partial charge is 0.294 e. The van der Waals surface area contributed by atoms with Gasteiger partial charge in [0.15, 0.2) is 5.78 Å². The van der Waals surface area contributed by atoms with Crippen LogP contribution in [-0.4, -0.2) is 10.8 Å². The highest BCUT2D eigenvalue weighted by atomic mass is 79.9. The van der Waals surface area contributed by atoms with Gasteiger partial charge in [-0.15, -0.1) is 0 Å². The molecule has 2 nitrogen and oxygen atoms in total. The molecule has 0 N–H and O–H groups in total. The van der Waals surface area contributed by atoms with Crippen molar-refractivity contribution in [2.24, 2.45) is 0 Å². The fraction of sp³-hybridized carbons (Fsp3) is 0.250. The number of halogens is 3. The molecule has 0 atom stereocenters. The van der Waals surface area contributed by atoms with Crippen molar-refractivity contribution in [1.82, 2.24) is 4.98 Å². The van der Waals surface area contributed by atoms with Gasteiger partial charge in [0.25, 0.3) is 6.43 Å². The van der Waals surface area contributed by atoms with E-state index in [1.807, 2.05) is 0 Å². The van der Waals surface area contributed by atoms with Crippen LogP contribution in [0.5, 0.6) is 0 Å². The summed E-state index contributed by atoms with van der Waals surface area (Å²) in [6, 6.07) is 1.34. The van der Waals surface area contributed by atoms with Gasteiger partial charge >= 0.3 is 0 Å². The number of hydrogen-bond donors (Lipinski definition) is 0. The summed E-state index contributed by atoms with van der Waals surface area (Å²) in [5.41, 5.74) is -0.0266. The first-order valence-electron chi connectivity index (χ1n) is 3.47. The fourth-order valence-corrected chi connectivity index (χ4v) is 1.32. The number of ketones is 1. The molecule has 0 radical (unpaired) electrons. The van der Waals surface area contributed by atoms with Gasteiger partial charge in [-0.3, -0.25) is 9.78 Å². The van der Waals surface area contributed by atoms with Gasteiger partial charge in [0.2, 0.25) is 0 Å². The number of nitrogens with zero attached hydrogens (tertiary/aromatic N) is 1. The standard InChI is InChI=1S/C8H6BrF2NO/c1-4(13)5-2-6(9)7(8(10)11)12-3-5/h2-3,8H,1H3. The van der Waals surface area contributed by atoms with E-state index in [-0.39, 0.29) is 15.9 Å². The molecule has 0 aliphatic rings. The Labute approximate surface area is 82.1 Å². The second-order valence-electron chi connectivity index (χ2n) is 2.45. The minimum absolute atomic E-state index is 0.162. The van der Waals surface area contributed by atoms with Crippen molar-refractivity contribution < 1.29 is 13.6 Å². The van der Waals surface area contributed by atoms with Gasteiger partial charge in [0.1, 0.15) is 5.69 Å². The molecule has 0 fully saturated rings.